The summed E-state index contributed by atoms with van der Waals surface area (Å²) < 4.78 is 25.4. The number of amides is 1. The molecule has 0 aliphatic heterocycles. The Hall–Kier alpha value is -1.47. The number of hydrogen-bond acceptors (Lipinski definition) is 3. The van der Waals surface area contributed by atoms with Crippen LogP contribution in [0, 0.1) is 0 Å². The smallest absolute Gasteiger partial charge is 0.232 e. The second-order valence-corrected chi connectivity index (χ2v) is 9.45. The predicted octanol–water partition coefficient (Wildman–Crippen LogP) is 4.55. The number of anilines is 1. The Bertz CT molecular complexity index is 919. The zero-order chi connectivity index (χ0) is 20.7. The molecule has 0 saturated heterocycles. The van der Waals surface area contributed by atoms with Crippen LogP contribution in [0.1, 0.15) is 18.4 Å². The van der Waals surface area contributed by atoms with Crippen LogP contribution < -0.4 is 9.62 Å². The van der Waals surface area contributed by atoms with Crippen LogP contribution in [0.25, 0.3) is 0 Å². The van der Waals surface area contributed by atoms with Crippen LogP contribution in [-0.4, -0.2) is 33.7 Å². The Balaban J connectivity index is 1.85. The minimum Gasteiger partial charge on any atom is -0.356 e. The number of halogens is 3. The number of hydrogen-bond donors (Lipinski definition) is 1. The van der Waals surface area contributed by atoms with Gasteiger partial charge in [0.05, 0.1) is 17.0 Å². The van der Waals surface area contributed by atoms with Crippen LogP contribution >= 0.6 is 34.8 Å². The molecule has 0 fully saturated rings. The lowest BCUT2D eigenvalue weighted by Gasteiger charge is -2.23. The third-order valence-corrected chi connectivity index (χ3v) is 5.98. The Morgan fingerprint density at radius 2 is 1.68 bits per heavy atom. The van der Waals surface area contributed by atoms with Crippen molar-refractivity contribution >= 4 is 56.4 Å². The Morgan fingerprint density at radius 3 is 2.32 bits per heavy atom. The molecule has 0 spiro atoms. The Morgan fingerprint density at radius 1 is 1.04 bits per heavy atom. The molecule has 5 nitrogen and oxygen atoms in total. The number of benzene rings is 2. The second-order valence-electron chi connectivity index (χ2n) is 6.26. The number of carbonyl (C=O) groups is 1. The van der Waals surface area contributed by atoms with Gasteiger partial charge in [0.2, 0.25) is 15.9 Å². The third-order valence-electron chi connectivity index (χ3n) is 3.99. The van der Waals surface area contributed by atoms with Crippen LogP contribution in [0.3, 0.4) is 0 Å². The summed E-state index contributed by atoms with van der Waals surface area (Å²) >= 11 is 17.9. The summed E-state index contributed by atoms with van der Waals surface area (Å²) in [5.74, 6) is -0.139. The van der Waals surface area contributed by atoms with Gasteiger partial charge in [-0.1, -0.05) is 46.9 Å². The van der Waals surface area contributed by atoms with Gasteiger partial charge in [0.15, 0.2) is 0 Å². The maximum absolute atomic E-state index is 12.1. The van der Waals surface area contributed by atoms with Gasteiger partial charge in [0.25, 0.3) is 0 Å². The first-order chi connectivity index (χ1) is 13.2. The molecule has 0 atom stereocenters. The number of rotatable bonds is 9. The van der Waals surface area contributed by atoms with Gasteiger partial charge >= 0.3 is 0 Å². The highest BCUT2D eigenvalue weighted by Gasteiger charge is 2.20. The molecule has 0 heterocycles. The minimum absolute atomic E-state index is 0.128. The summed E-state index contributed by atoms with van der Waals surface area (Å²) in [6, 6.07) is 12.1. The Labute approximate surface area is 180 Å². The monoisotopic (exact) mass is 462 g/mol. The maximum atomic E-state index is 12.1. The predicted molar refractivity (Wildman–Crippen MR) is 116 cm³/mol. The average Bonchev–Trinajstić information content (AvgIpc) is 2.62. The molecule has 0 aliphatic carbocycles. The van der Waals surface area contributed by atoms with Crippen molar-refractivity contribution in [2.24, 2.45) is 0 Å². The molecular weight excluding hydrogens is 443 g/mol. The minimum atomic E-state index is -3.56. The van der Waals surface area contributed by atoms with E-state index in [4.69, 9.17) is 34.8 Å². The summed E-state index contributed by atoms with van der Waals surface area (Å²) in [5, 5.41) is 4.16. The van der Waals surface area contributed by atoms with Crippen molar-refractivity contribution < 1.29 is 13.2 Å². The lowest BCUT2D eigenvalue weighted by atomic mass is 10.1. The zero-order valence-corrected chi connectivity index (χ0v) is 18.4. The molecule has 2 rings (SSSR count). The van der Waals surface area contributed by atoms with Crippen molar-refractivity contribution in [2.45, 2.75) is 19.3 Å². The fraction of sp³-hybridized carbons (Fsp3) is 0.316. The maximum Gasteiger partial charge on any atom is 0.232 e. The van der Waals surface area contributed by atoms with Crippen molar-refractivity contribution in [1.29, 1.82) is 0 Å². The molecule has 0 bridgehead atoms. The van der Waals surface area contributed by atoms with Crippen LogP contribution in [0.4, 0.5) is 5.69 Å². The van der Waals surface area contributed by atoms with Gasteiger partial charge in [0.1, 0.15) is 0 Å². The SMILES string of the molecule is CS(=O)(=O)N(CCCC(=O)NCCc1ccc(Cl)cc1)c1cc(Cl)ccc1Cl. The van der Waals surface area contributed by atoms with E-state index in [0.717, 1.165) is 11.8 Å². The van der Waals surface area contributed by atoms with Gasteiger partial charge in [-0.25, -0.2) is 8.42 Å². The highest BCUT2D eigenvalue weighted by molar-refractivity contribution is 7.92. The summed E-state index contributed by atoms with van der Waals surface area (Å²) in [7, 11) is -3.56. The highest BCUT2D eigenvalue weighted by atomic mass is 35.5. The molecule has 0 unspecified atom stereocenters. The molecule has 0 aliphatic rings. The van der Waals surface area contributed by atoms with Gasteiger partial charge in [-0.2, -0.15) is 0 Å². The zero-order valence-electron chi connectivity index (χ0n) is 15.3. The topological polar surface area (TPSA) is 66.5 Å². The molecular formula is C19H21Cl3N2O3S. The van der Waals surface area contributed by atoms with Gasteiger partial charge in [-0.3, -0.25) is 9.10 Å². The van der Waals surface area contributed by atoms with E-state index in [1.54, 1.807) is 24.3 Å². The van der Waals surface area contributed by atoms with E-state index in [0.29, 0.717) is 35.1 Å². The molecule has 1 amide bonds. The average molecular weight is 464 g/mol. The van der Waals surface area contributed by atoms with E-state index in [-0.39, 0.29) is 23.9 Å². The molecule has 1 N–H and O–H groups in total. The van der Waals surface area contributed by atoms with Crippen LogP contribution in [-0.2, 0) is 21.2 Å². The first-order valence-corrected chi connectivity index (χ1v) is 11.6. The van der Waals surface area contributed by atoms with Crippen molar-refractivity contribution in [1.82, 2.24) is 5.32 Å². The molecule has 9 heteroatoms. The standard InChI is InChI=1S/C19H21Cl3N2O3S/c1-28(26,27)24(18-13-16(21)8-9-17(18)22)12-2-3-19(25)23-11-10-14-4-6-15(20)7-5-14/h4-9,13H,2-3,10-12H2,1H3,(H,23,25). The fourth-order valence-electron chi connectivity index (χ4n) is 2.61. The molecule has 0 radical (unpaired) electrons. The summed E-state index contributed by atoms with van der Waals surface area (Å²) in [4.78, 5) is 12.0. The first-order valence-electron chi connectivity index (χ1n) is 8.61. The number of carbonyl (C=O) groups excluding carboxylic acids is 1. The van der Waals surface area contributed by atoms with Crippen molar-refractivity contribution in [3.05, 3.63) is 63.1 Å². The summed E-state index contributed by atoms with van der Waals surface area (Å²) in [6.07, 6.45) is 2.33. The lowest BCUT2D eigenvalue weighted by Crippen LogP contribution is -2.32. The van der Waals surface area contributed by atoms with Gasteiger partial charge in [-0.15, -0.1) is 0 Å². The Kier molecular flexibility index (Phi) is 8.43. The van der Waals surface area contributed by atoms with E-state index >= 15 is 0 Å². The lowest BCUT2D eigenvalue weighted by molar-refractivity contribution is -0.121. The van der Waals surface area contributed by atoms with E-state index in [9.17, 15) is 13.2 Å². The quantitative estimate of drug-likeness (QED) is 0.593. The fourth-order valence-corrected chi connectivity index (χ4v) is 4.14. The molecule has 0 aromatic heterocycles. The normalized spacial score (nSPS) is 11.3. The van der Waals surface area contributed by atoms with E-state index in [2.05, 4.69) is 5.32 Å². The molecule has 2 aromatic carbocycles. The largest absolute Gasteiger partial charge is 0.356 e. The first kappa shape index (κ1) is 22.8. The van der Waals surface area contributed by atoms with Crippen molar-refractivity contribution in [3.63, 3.8) is 0 Å². The van der Waals surface area contributed by atoms with Gasteiger partial charge in [0, 0.05) is 29.6 Å². The van der Waals surface area contributed by atoms with Crippen molar-refractivity contribution in [3.8, 4) is 0 Å². The number of nitrogens with one attached hydrogen (secondary N) is 1. The molecule has 2 aromatic rings. The van der Waals surface area contributed by atoms with E-state index < -0.39 is 10.0 Å². The summed E-state index contributed by atoms with van der Waals surface area (Å²) in [5.41, 5.74) is 1.38. The van der Waals surface area contributed by atoms with E-state index in [1.807, 2.05) is 12.1 Å². The van der Waals surface area contributed by atoms with Crippen molar-refractivity contribution in [2.75, 3.05) is 23.7 Å². The van der Waals surface area contributed by atoms with Crippen LogP contribution in [0.5, 0.6) is 0 Å². The molecule has 152 valence electrons. The van der Waals surface area contributed by atoms with Gasteiger partial charge < -0.3 is 5.32 Å². The van der Waals surface area contributed by atoms with Crippen LogP contribution in [0.15, 0.2) is 42.5 Å². The molecule has 28 heavy (non-hydrogen) atoms. The third kappa shape index (κ3) is 7.17. The molecule has 0 saturated carbocycles. The van der Waals surface area contributed by atoms with E-state index in [1.165, 1.54) is 10.4 Å². The number of nitrogens with zero attached hydrogens (tertiary/aromatic N) is 1. The summed E-state index contributed by atoms with van der Waals surface area (Å²) in [6.45, 7) is 0.625. The second kappa shape index (κ2) is 10.3. The number of sulfonamides is 1. The van der Waals surface area contributed by atoms with Gasteiger partial charge in [-0.05, 0) is 48.7 Å². The highest BCUT2D eigenvalue weighted by Crippen LogP contribution is 2.30. The van der Waals surface area contributed by atoms with Crippen LogP contribution in [0.2, 0.25) is 15.1 Å².